The Bertz CT molecular complexity index is 541. The van der Waals surface area contributed by atoms with Crippen molar-refractivity contribution >= 4 is 5.97 Å². The van der Waals surface area contributed by atoms with Crippen LogP contribution in [0, 0.1) is 6.92 Å². The predicted octanol–water partition coefficient (Wildman–Crippen LogP) is 3.81. The first-order chi connectivity index (χ1) is 9.15. The van der Waals surface area contributed by atoms with E-state index in [0.29, 0.717) is 5.56 Å². The first-order valence-corrected chi connectivity index (χ1v) is 6.45. The Balaban J connectivity index is 0.000000861. The summed E-state index contributed by atoms with van der Waals surface area (Å²) in [6.45, 7) is 5.92. The Hall–Kier alpha value is -2.03. The number of carbonyl (C=O) groups excluding carboxylic acids is 1. The molecular weight excluding hydrogens is 238 g/mol. The molecular formula is C16H21NO2. The summed E-state index contributed by atoms with van der Waals surface area (Å²) >= 11 is 0. The molecule has 3 nitrogen and oxygen atoms in total. The highest BCUT2D eigenvalue weighted by Gasteiger charge is 2.16. The van der Waals surface area contributed by atoms with E-state index in [4.69, 9.17) is 4.74 Å². The van der Waals surface area contributed by atoms with Gasteiger partial charge in [0.1, 0.15) is 0 Å². The van der Waals surface area contributed by atoms with Crippen LogP contribution in [0.3, 0.4) is 0 Å². The van der Waals surface area contributed by atoms with Crippen LogP contribution in [0.25, 0.3) is 11.3 Å². The molecule has 1 heterocycles. The summed E-state index contributed by atoms with van der Waals surface area (Å²) < 4.78 is 6.77. The van der Waals surface area contributed by atoms with Crippen LogP contribution in [0.1, 0.15) is 29.9 Å². The maximum atomic E-state index is 11.6. The van der Waals surface area contributed by atoms with E-state index in [1.807, 2.05) is 68.8 Å². The van der Waals surface area contributed by atoms with Crippen LogP contribution in [0.2, 0.25) is 0 Å². The van der Waals surface area contributed by atoms with Crippen LogP contribution in [0.5, 0.6) is 0 Å². The third-order valence-corrected chi connectivity index (χ3v) is 3.01. The van der Waals surface area contributed by atoms with Gasteiger partial charge < -0.3 is 9.30 Å². The molecule has 2 rings (SSSR count). The number of ether oxygens (including phenoxy) is 1. The lowest BCUT2D eigenvalue weighted by atomic mass is 10.1. The highest BCUT2D eigenvalue weighted by Crippen LogP contribution is 2.24. The van der Waals surface area contributed by atoms with Gasteiger partial charge in [-0.05, 0) is 18.6 Å². The fourth-order valence-electron chi connectivity index (χ4n) is 1.90. The molecule has 0 fully saturated rings. The van der Waals surface area contributed by atoms with Crippen LogP contribution in [-0.4, -0.2) is 17.6 Å². The molecule has 2 aromatic rings. The van der Waals surface area contributed by atoms with E-state index in [-0.39, 0.29) is 5.97 Å². The molecule has 0 aliphatic heterocycles. The van der Waals surface area contributed by atoms with Gasteiger partial charge in [0.25, 0.3) is 0 Å². The first kappa shape index (κ1) is 15.0. The molecule has 0 radical (unpaired) electrons. The maximum Gasteiger partial charge on any atom is 0.339 e. The van der Waals surface area contributed by atoms with Crippen molar-refractivity contribution in [2.24, 2.45) is 7.05 Å². The van der Waals surface area contributed by atoms with Crippen molar-refractivity contribution in [1.82, 2.24) is 4.57 Å². The summed E-state index contributed by atoms with van der Waals surface area (Å²) in [5, 5.41) is 0. The smallest absolute Gasteiger partial charge is 0.339 e. The zero-order valence-electron chi connectivity index (χ0n) is 12.2. The second-order valence-corrected chi connectivity index (χ2v) is 3.95. The van der Waals surface area contributed by atoms with Crippen LogP contribution in [0.4, 0.5) is 0 Å². The number of methoxy groups -OCH3 is 1. The summed E-state index contributed by atoms with van der Waals surface area (Å²) in [5.41, 5.74) is 3.64. The number of esters is 1. The van der Waals surface area contributed by atoms with Crippen LogP contribution >= 0.6 is 0 Å². The highest BCUT2D eigenvalue weighted by atomic mass is 16.5. The van der Waals surface area contributed by atoms with E-state index < -0.39 is 0 Å². The van der Waals surface area contributed by atoms with Gasteiger partial charge in [0.15, 0.2) is 0 Å². The average molecular weight is 259 g/mol. The van der Waals surface area contributed by atoms with Crippen molar-refractivity contribution in [2.75, 3.05) is 7.11 Å². The van der Waals surface area contributed by atoms with E-state index >= 15 is 0 Å². The average Bonchev–Trinajstić information content (AvgIpc) is 2.78. The molecule has 0 spiro atoms. The van der Waals surface area contributed by atoms with Crippen molar-refractivity contribution in [1.29, 1.82) is 0 Å². The van der Waals surface area contributed by atoms with Crippen molar-refractivity contribution < 1.29 is 9.53 Å². The van der Waals surface area contributed by atoms with Gasteiger partial charge in [0, 0.05) is 18.4 Å². The Morgan fingerprint density at radius 3 is 2.26 bits per heavy atom. The molecule has 0 N–H and O–H groups in total. The third-order valence-electron chi connectivity index (χ3n) is 3.01. The molecule has 0 bridgehead atoms. The number of hydrogen-bond donors (Lipinski definition) is 0. The molecule has 0 unspecified atom stereocenters. The molecule has 0 atom stereocenters. The lowest BCUT2D eigenvalue weighted by Crippen LogP contribution is -2.03. The molecule has 0 aliphatic carbocycles. The van der Waals surface area contributed by atoms with Crippen molar-refractivity contribution in [3.05, 3.63) is 47.7 Å². The Morgan fingerprint density at radius 1 is 1.16 bits per heavy atom. The van der Waals surface area contributed by atoms with Gasteiger partial charge in [0.2, 0.25) is 0 Å². The molecule has 1 aromatic heterocycles. The summed E-state index contributed by atoms with van der Waals surface area (Å²) in [6, 6.07) is 11.9. The molecule has 0 aliphatic rings. The van der Waals surface area contributed by atoms with Crippen LogP contribution in [-0.2, 0) is 11.8 Å². The fourth-order valence-corrected chi connectivity index (χ4v) is 1.90. The number of carbonyl (C=O) groups is 1. The number of benzene rings is 1. The fraction of sp³-hybridized carbons (Fsp3) is 0.312. The predicted molar refractivity (Wildman–Crippen MR) is 78.3 cm³/mol. The lowest BCUT2D eigenvalue weighted by molar-refractivity contribution is 0.0600. The molecule has 19 heavy (non-hydrogen) atoms. The molecule has 1 aromatic carbocycles. The Labute approximate surface area is 114 Å². The number of rotatable bonds is 2. The number of hydrogen-bond acceptors (Lipinski definition) is 2. The van der Waals surface area contributed by atoms with Crippen molar-refractivity contribution in [3.8, 4) is 11.3 Å². The van der Waals surface area contributed by atoms with E-state index in [1.165, 1.54) is 7.11 Å². The SMILES string of the molecule is CC.COC(=O)c1cc(-c2ccccc2)n(C)c1C. The van der Waals surface area contributed by atoms with Gasteiger partial charge in [-0.25, -0.2) is 4.79 Å². The van der Waals surface area contributed by atoms with E-state index in [2.05, 4.69) is 0 Å². The molecule has 3 heteroatoms. The van der Waals surface area contributed by atoms with Gasteiger partial charge in [-0.15, -0.1) is 0 Å². The summed E-state index contributed by atoms with van der Waals surface area (Å²) in [5.74, 6) is -0.291. The van der Waals surface area contributed by atoms with Gasteiger partial charge >= 0.3 is 5.97 Å². The van der Waals surface area contributed by atoms with E-state index in [9.17, 15) is 4.79 Å². The van der Waals surface area contributed by atoms with E-state index in [0.717, 1.165) is 17.0 Å². The maximum absolute atomic E-state index is 11.6. The van der Waals surface area contributed by atoms with Gasteiger partial charge in [-0.1, -0.05) is 44.2 Å². The quantitative estimate of drug-likeness (QED) is 0.768. The lowest BCUT2D eigenvalue weighted by Gasteiger charge is -2.04. The van der Waals surface area contributed by atoms with Gasteiger partial charge in [0.05, 0.1) is 12.7 Å². The minimum atomic E-state index is -0.291. The number of aromatic nitrogens is 1. The van der Waals surface area contributed by atoms with Crippen molar-refractivity contribution in [3.63, 3.8) is 0 Å². The minimum absolute atomic E-state index is 0.291. The van der Waals surface area contributed by atoms with Gasteiger partial charge in [-0.3, -0.25) is 0 Å². The molecule has 0 saturated carbocycles. The molecule has 0 saturated heterocycles. The second kappa shape index (κ2) is 6.78. The number of nitrogens with zero attached hydrogens (tertiary/aromatic N) is 1. The Kier molecular flexibility index (Phi) is 5.37. The summed E-state index contributed by atoms with van der Waals surface area (Å²) in [6.07, 6.45) is 0. The van der Waals surface area contributed by atoms with E-state index in [1.54, 1.807) is 0 Å². The largest absolute Gasteiger partial charge is 0.465 e. The zero-order chi connectivity index (χ0) is 14.4. The summed E-state index contributed by atoms with van der Waals surface area (Å²) in [4.78, 5) is 11.6. The monoisotopic (exact) mass is 259 g/mol. The molecule has 102 valence electrons. The minimum Gasteiger partial charge on any atom is -0.465 e. The van der Waals surface area contributed by atoms with Gasteiger partial charge in [-0.2, -0.15) is 0 Å². The normalized spacial score (nSPS) is 9.53. The van der Waals surface area contributed by atoms with Crippen molar-refractivity contribution in [2.45, 2.75) is 20.8 Å². The zero-order valence-corrected chi connectivity index (χ0v) is 12.2. The standard InChI is InChI=1S/C14H15NO2.C2H6/c1-10-12(14(16)17-3)9-13(15(10)2)11-7-5-4-6-8-11;1-2/h4-9H,1-3H3;1-2H3. The van der Waals surface area contributed by atoms with Crippen LogP contribution < -0.4 is 0 Å². The summed E-state index contributed by atoms with van der Waals surface area (Å²) in [7, 11) is 3.35. The first-order valence-electron chi connectivity index (χ1n) is 6.45. The topological polar surface area (TPSA) is 31.2 Å². The second-order valence-electron chi connectivity index (χ2n) is 3.95. The Morgan fingerprint density at radius 2 is 1.74 bits per heavy atom. The third kappa shape index (κ3) is 3.05. The highest BCUT2D eigenvalue weighted by molar-refractivity contribution is 5.92. The van der Waals surface area contributed by atoms with Crippen LogP contribution in [0.15, 0.2) is 36.4 Å². The molecule has 0 amide bonds.